The number of β-amino-alcohol motifs (C(OH)–C–C–N with tert-alkyl or cyclic N) is 1. The maximum Gasteiger partial charge on any atom is 0.250 e. The lowest BCUT2D eigenvalue weighted by Crippen LogP contribution is -2.53. The summed E-state index contributed by atoms with van der Waals surface area (Å²) in [6, 6.07) is 4.85. The van der Waals surface area contributed by atoms with Crippen molar-refractivity contribution in [3.05, 3.63) is 29.3 Å². The predicted octanol–water partition coefficient (Wildman–Crippen LogP) is 1.14. The molecule has 1 spiro atoms. The van der Waals surface area contributed by atoms with E-state index in [-0.39, 0.29) is 30.9 Å². The number of amides is 3. The van der Waals surface area contributed by atoms with Gasteiger partial charge in [-0.25, -0.2) is 0 Å². The Hall–Kier alpha value is -2.45. The summed E-state index contributed by atoms with van der Waals surface area (Å²) in [5, 5.41) is 15.3. The van der Waals surface area contributed by atoms with Crippen molar-refractivity contribution in [1.82, 2.24) is 10.2 Å². The minimum atomic E-state index is -1.07. The van der Waals surface area contributed by atoms with E-state index in [1.165, 1.54) is 4.90 Å². The molecular formula is C23H31N3O5. The van der Waals surface area contributed by atoms with Crippen molar-refractivity contribution >= 4 is 23.4 Å². The lowest BCUT2D eigenvalue weighted by Gasteiger charge is -2.33. The van der Waals surface area contributed by atoms with Gasteiger partial charge in [-0.3, -0.25) is 14.4 Å². The average Bonchev–Trinajstić information content (AvgIpc) is 3.35. The van der Waals surface area contributed by atoms with Crippen LogP contribution in [0.15, 0.2) is 18.2 Å². The number of aliphatic hydroxyl groups excluding tert-OH is 1. The predicted molar refractivity (Wildman–Crippen MR) is 114 cm³/mol. The first-order valence-electron chi connectivity index (χ1n) is 11.0. The molecule has 2 bridgehead atoms. The number of para-hydroxylation sites is 1. The molecule has 8 nitrogen and oxygen atoms in total. The van der Waals surface area contributed by atoms with E-state index in [0.29, 0.717) is 24.9 Å². The SMILES string of the molecule is CC[C@]12CCC3(O1)C(C(=O)Nc1c(C)cccc1C)N(CCO)C(=O)[C@@H]3[C@H]2C(=O)NC. The Kier molecular flexibility index (Phi) is 5.34. The second-order valence-electron chi connectivity index (χ2n) is 8.96. The lowest BCUT2D eigenvalue weighted by molar-refractivity contribution is -0.146. The van der Waals surface area contributed by atoms with Gasteiger partial charge in [0.1, 0.15) is 11.6 Å². The average molecular weight is 430 g/mol. The third-order valence-corrected chi connectivity index (χ3v) is 7.53. The van der Waals surface area contributed by atoms with Crippen molar-refractivity contribution in [1.29, 1.82) is 0 Å². The standard InChI is InChI=1S/C23H31N3O5/c1-5-22-9-10-23(31-22)16(15(22)19(28)24-4)21(30)26(11-12-27)18(23)20(29)25-17-13(2)7-6-8-14(17)3/h6-8,15-16,18,27H,5,9-12H2,1-4H3,(H,24,28)(H,25,29)/t15-,16-,18?,22+,23?/m0/s1. The number of rotatable bonds is 6. The summed E-state index contributed by atoms with van der Waals surface area (Å²) >= 11 is 0. The number of ether oxygens (including phenoxy) is 1. The number of hydrogen-bond acceptors (Lipinski definition) is 5. The Bertz CT molecular complexity index is 914. The number of nitrogens with one attached hydrogen (secondary N) is 2. The molecule has 3 saturated heterocycles. The first-order valence-corrected chi connectivity index (χ1v) is 11.0. The van der Waals surface area contributed by atoms with E-state index in [0.717, 1.165) is 11.1 Å². The summed E-state index contributed by atoms with van der Waals surface area (Å²) in [5.74, 6) is -2.25. The number of aryl methyl sites for hydroxylation is 2. The van der Waals surface area contributed by atoms with Crippen molar-refractivity contribution in [3.8, 4) is 0 Å². The molecule has 1 aromatic carbocycles. The van der Waals surface area contributed by atoms with Crippen LogP contribution in [0.2, 0.25) is 0 Å². The molecule has 3 heterocycles. The van der Waals surface area contributed by atoms with Gasteiger partial charge < -0.3 is 25.4 Å². The maximum absolute atomic E-state index is 13.6. The molecule has 0 aliphatic carbocycles. The highest BCUT2D eigenvalue weighted by Crippen LogP contribution is 2.64. The number of likely N-dealkylation sites (tertiary alicyclic amines) is 1. The minimum absolute atomic E-state index is 0.0187. The van der Waals surface area contributed by atoms with Gasteiger partial charge in [-0.15, -0.1) is 0 Å². The van der Waals surface area contributed by atoms with E-state index < -0.39 is 29.1 Å². The molecule has 3 N–H and O–H groups in total. The zero-order chi connectivity index (χ0) is 22.6. The molecule has 31 heavy (non-hydrogen) atoms. The van der Waals surface area contributed by atoms with Crippen LogP contribution >= 0.6 is 0 Å². The second kappa shape index (κ2) is 7.60. The van der Waals surface area contributed by atoms with Crippen LogP contribution in [0.4, 0.5) is 5.69 Å². The Morgan fingerprint density at radius 2 is 1.90 bits per heavy atom. The van der Waals surface area contributed by atoms with Gasteiger partial charge in [-0.1, -0.05) is 25.1 Å². The van der Waals surface area contributed by atoms with Crippen LogP contribution < -0.4 is 10.6 Å². The van der Waals surface area contributed by atoms with Crippen LogP contribution in [0, 0.1) is 25.7 Å². The molecule has 4 rings (SSSR count). The van der Waals surface area contributed by atoms with Gasteiger partial charge >= 0.3 is 0 Å². The van der Waals surface area contributed by atoms with Crippen molar-refractivity contribution < 1.29 is 24.2 Å². The summed E-state index contributed by atoms with van der Waals surface area (Å²) in [7, 11) is 1.56. The van der Waals surface area contributed by atoms with Crippen LogP contribution in [0.25, 0.3) is 0 Å². The normalized spacial score (nSPS) is 33.5. The molecule has 5 atom stereocenters. The number of carbonyl (C=O) groups is 3. The maximum atomic E-state index is 13.6. The smallest absolute Gasteiger partial charge is 0.250 e. The quantitative estimate of drug-likeness (QED) is 0.628. The highest BCUT2D eigenvalue weighted by Gasteiger charge is 2.78. The van der Waals surface area contributed by atoms with E-state index in [4.69, 9.17) is 4.74 Å². The van der Waals surface area contributed by atoms with Crippen LogP contribution in [0.3, 0.4) is 0 Å². The van der Waals surface area contributed by atoms with Crippen molar-refractivity contribution in [3.63, 3.8) is 0 Å². The molecule has 0 radical (unpaired) electrons. The fraction of sp³-hybridized carbons (Fsp3) is 0.609. The molecule has 3 amide bonds. The summed E-state index contributed by atoms with van der Waals surface area (Å²) in [6.45, 7) is 5.54. The number of aliphatic hydroxyl groups is 1. The Balaban J connectivity index is 1.77. The molecule has 1 aromatic rings. The molecule has 2 unspecified atom stereocenters. The lowest BCUT2D eigenvalue weighted by atomic mass is 9.65. The first kappa shape index (κ1) is 21.8. The first-order chi connectivity index (χ1) is 14.8. The number of fused-ring (bicyclic) bond motifs is 1. The molecule has 8 heteroatoms. The molecule has 3 aliphatic rings. The van der Waals surface area contributed by atoms with E-state index in [9.17, 15) is 19.5 Å². The number of nitrogens with zero attached hydrogens (tertiary/aromatic N) is 1. The monoisotopic (exact) mass is 429 g/mol. The molecule has 0 aromatic heterocycles. The van der Waals surface area contributed by atoms with Crippen LogP contribution in [-0.2, 0) is 19.1 Å². The summed E-state index contributed by atoms with van der Waals surface area (Å²) in [4.78, 5) is 41.4. The molecular weight excluding hydrogens is 398 g/mol. The fourth-order valence-electron chi connectivity index (χ4n) is 6.12. The molecule has 168 valence electrons. The number of anilines is 1. The fourth-order valence-corrected chi connectivity index (χ4v) is 6.12. The number of hydrogen-bond donors (Lipinski definition) is 3. The summed E-state index contributed by atoms with van der Waals surface area (Å²) in [6.07, 6.45) is 1.73. The van der Waals surface area contributed by atoms with Gasteiger partial charge in [0, 0.05) is 19.3 Å². The van der Waals surface area contributed by atoms with Crippen molar-refractivity contribution in [2.24, 2.45) is 11.8 Å². The van der Waals surface area contributed by atoms with E-state index in [1.54, 1.807) is 7.05 Å². The summed E-state index contributed by atoms with van der Waals surface area (Å²) in [5.41, 5.74) is 0.739. The topological polar surface area (TPSA) is 108 Å². The highest BCUT2D eigenvalue weighted by atomic mass is 16.5. The summed E-state index contributed by atoms with van der Waals surface area (Å²) < 4.78 is 6.57. The minimum Gasteiger partial charge on any atom is -0.395 e. The van der Waals surface area contributed by atoms with E-state index in [2.05, 4.69) is 10.6 Å². The van der Waals surface area contributed by atoms with E-state index >= 15 is 0 Å². The molecule has 3 fully saturated rings. The van der Waals surface area contributed by atoms with E-state index in [1.807, 2.05) is 39.0 Å². The molecule has 3 aliphatic heterocycles. The number of benzene rings is 1. The number of carbonyl (C=O) groups excluding carboxylic acids is 3. The highest BCUT2D eigenvalue weighted by molar-refractivity contribution is 6.04. The van der Waals surface area contributed by atoms with Gasteiger partial charge in [-0.2, -0.15) is 0 Å². The Morgan fingerprint density at radius 1 is 1.23 bits per heavy atom. The van der Waals surface area contributed by atoms with Gasteiger partial charge in [0.2, 0.25) is 17.7 Å². The van der Waals surface area contributed by atoms with Crippen LogP contribution in [0.5, 0.6) is 0 Å². The zero-order valence-corrected chi connectivity index (χ0v) is 18.5. The van der Waals surface area contributed by atoms with Crippen molar-refractivity contribution in [2.45, 2.75) is 57.3 Å². The van der Waals surface area contributed by atoms with Gasteiger partial charge in [0.15, 0.2) is 0 Å². The van der Waals surface area contributed by atoms with Crippen molar-refractivity contribution in [2.75, 3.05) is 25.5 Å². The van der Waals surface area contributed by atoms with Gasteiger partial charge in [0.25, 0.3) is 0 Å². The Morgan fingerprint density at radius 3 is 2.48 bits per heavy atom. The third kappa shape index (κ3) is 2.91. The Labute approximate surface area is 182 Å². The second-order valence-corrected chi connectivity index (χ2v) is 8.96. The third-order valence-electron chi connectivity index (χ3n) is 7.53. The largest absolute Gasteiger partial charge is 0.395 e. The van der Waals surface area contributed by atoms with Crippen LogP contribution in [-0.4, -0.2) is 65.2 Å². The van der Waals surface area contributed by atoms with Gasteiger partial charge in [-0.05, 0) is 44.2 Å². The van der Waals surface area contributed by atoms with Gasteiger partial charge in [0.05, 0.1) is 24.0 Å². The molecule has 0 saturated carbocycles. The van der Waals surface area contributed by atoms with Crippen LogP contribution in [0.1, 0.15) is 37.3 Å². The zero-order valence-electron chi connectivity index (χ0n) is 18.5.